The second kappa shape index (κ2) is 9.57. The van der Waals surface area contributed by atoms with Crippen LogP contribution in [0.3, 0.4) is 0 Å². The zero-order valence-corrected chi connectivity index (χ0v) is 19.8. The van der Waals surface area contributed by atoms with Crippen molar-refractivity contribution in [3.63, 3.8) is 0 Å². The average molecular weight is 504 g/mol. The molecule has 1 saturated carbocycles. The Morgan fingerprint density at radius 1 is 1.17 bits per heavy atom. The minimum atomic E-state index is -4.62. The summed E-state index contributed by atoms with van der Waals surface area (Å²) in [4.78, 5) is 11.9. The lowest BCUT2D eigenvalue weighted by Gasteiger charge is -2.30. The molecule has 0 bridgehead atoms. The fourth-order valence-corrected chi connectivity index (χ4v) is 4.59. The maximum absolute atomic E-state index is 12.6. The van der Waals surface area contributed by atoms with Gasteiger partial charge in [0.1, 0.15) is 11.9 Å². The van der Waals surface area contributed by atoms with E-state index in [-0.39, 0.29) is 6.10 Å². The maximum atomic E-state index is 12.6. The highest BCUT2D eigenvalue weighted by Crippen LogP contribution is 2.45. The zero-order chi connectivity index (χ0) is 25.4. The number of aromatic nitrogens is 1. The van der Waals surface area contributed by atoms with Crippen molar-refractivity contribution in [3.8, 4) is 17.0 Å². The van der Waals surface area contributed by atoms with Crippen molar-refractivity contribution in [2.45, 2.75) is 57.0 Å². The Morgan fingerprint density at radius 3 is 2.53 bits per heavy atom. The first-order valence-electron chi connectivity index (χ1n) is 12.0. The predicted octanol–water partition coefficient (Wildman–Crippen LogP) is 6.28. The van der Waals surface area contributed by atoms with E-state index in [1.54, 1.807) is 24.3 Å². The molecule has 2 atom stereocenters. The summed E-state index contributed by atoms with van der Waals surface area (Å²) in [5, 5.41) is 3.27. The summed E-state index contributed by atoms with van der Waals surface area (Å²) in [6, 6.07) is 13.0. The number of carbonyl (C=O) groups is 1. The fourth-order valence-electron chi connectivity index (χ4n) is 4.59. The summed E-state index contributed by atoms with van der Waals surface area (Å²) < 4.78 is 56.1. The van der Waals surface area contributed by atoms with Gasteiger partial charge < -0.3 is 24.5 Å². The third kappa shape index (κ3) is 4.82. The van der Waals surface area contributed by atoms with Crippen molar-refractivity contribution in [1.29, 1.82) is 0 Å². The summed E-state index contributed by atoms with van der Waals surface area (Å²) in [6.07, 6.45) is -3.87. The highest BCUT2D eigenvalue weighted by Gasteiger charge is 2.39. The minimum absolute atomic E-state index is 0.0391. The number of halogens is 3. The van der Waals surface area contributed by atoms with E-state index in [1.807, 2.05) is 18.2 Å². The van der Waals surface area contributed by atoms with Gasteiger partial charge in [-0.2, -0.15) is 13.2 Å². The second-order valence-electron chi connectivity index (χ2n) is 9.29. The van der Waals surface area contributed by atoms with Crippen LogP contribution in [-0.2, 0) is 9.47 Å². The van der Waals surface area contributed by atoms with Gasteiger partial charge in [0.25, 0.3) is 0 Å². The molecular formula is C26H28F3N3O4. The van der Waals surface area contributed by atoms with Gasteiger partial charge >= 0.3 is 12.3 Å². The van der Waals surface area contributed by atoms with Crippen LogP contribution < -0.4 is 15.8 Å². The summed E-state index contributed by atoms with van der Waals surface area (Å²) in [5.41, 5.74) is 10.3. The maximum Gasteiger partial charge on any atom is 0.425 e. The van der Waals surface area contributed by atoms with Gasteiger partial charge in [0, 0.05) is 35.2 Å². The molecule has 0 spiro atoms. The van der Waals surface area contributed by atoms with Gasteiger partial charge in [0.2, 0.25) is 0 Å². The molecule has 0 unspecified atom stereocenters. The van der Waals surface area contributed by atoms with Crippen LogP contribution in [0.1, 0.15) is 38.6 Å². The predicted molar refractivity (Wildman–Crippen MR) is 130 cm³/mol. The number of hydrogen-bond donors (Lipinski definition) is 2. The quantitative estimate of drug-likeness (QED) is 0.413. The molecule has 2 fully saturated rings. The van der Waals surface area contributed by atoms with Crippen molar-refractivity contribution in [2.75, 3.05) is 24.3 Å². The third-order valence-electron chi connectivity index (χ3n) is 6.79. The van der Waals surface area contributed by atoms with Crippen molar-refractivity contribution in [3.05, 3.63) is 42.5 Å². The standard InChI is InChI=1S/C26H28F3N3O4/c1-15(26(27,28)29)35-25(33)31-17-7-5-16(6-8-17)24-23(30)21-10-9-19(36-20-11-12-34-14-20)13-22(21)32(24)18-3-2-4-18/h5-10,13,15,18,20H,2-4,11-12,14,30H2,1H3,(H,31,33)/t15-,20-/m1/s1. The third-order valence-corrected chi connectivity index (χ3v) is 6.79. The molecule has 2 aromatic carbocycles. The van der Waals surface area contributed by atoms with Crippen molar-refractivity contribution < 1.29 is 32.2 Å². The summed E-state index contributed by atoms with van der Waals surface area (Å²) in [6.45, 7) is 2.06. The number of nitrogens with two attached hydrogens (primary N) is 1. The Labute approximate surface area is 206 Å². The van der Waals surface area contributed by atoms with E-state index in [1.165, 1.54) is 0 Å². The van der Waals surface area contributed by atoms with E-state index in [4.69, 9.17) is 15.2 Å². The molecule has 0 radical (unpaired) electrons. The van der Waals surface area contributed by atoms with Crippen LogP contribution in [0.4, 0.5) is 29.3 Å². The molecular weight excluding hydrogens is 475 g/mol. The number of amides is 1. The number of hydrogen-bond acceptors (Lipinski definition) is 5. The van der Waals surface area contributed by atoms with Crippen LogP contribution in [0, 0.1) is 0 Å². The first-order chi connectivity index (χ1) is 17.2. The van der Waals surface area contributed by atoms with Crippen molar-refractivity contribution >= 4 is 28.4 Å². The molecule has 3 N–H and O–H groups in total. The molecule has 1 amide bonds. The molecule has 10 heteroatoms. The molecule has 2 heterocycles. The molecule has 5 rings (SSSR count). The van der Waals surface area contributed by atoms with Crippen molar-refractivity contribution in [2.24, 2.45) is 0 Å². The summed E-state index contributed by atoms with van der Waals surface area (Å²) in [7, 11) is 0. The Bertz CT molecular complexity index is 1250. The number of ether oxygens (including phenoxy) is 3. The average Bonchev–Trinajstić information content (AvgIpc) is 3.39. The Morgan fingerprint density at radius 2 is 1.92 bits per heavy atom. The number of nitrogens with zero attached hydrogens (tertiary/aromatic N) is 1. The monoisotopic (exact) mass is 503 g/mol. The van der Waals surface area contributed by atoms with Gasteiger partial charge in [-0.3, -0.25) is 5.32 Å². The summed E-state index contributed by atoms with van der Waals surface area (Å²) in [5.74, 6) is 0.772. The van der Waals surface area contributed by atoms with Gasteiger partial charge in [-0.25, -0.2) is 4.79 Å². The van der Waals surface area contributed by atoms with Crippen LogP contribution >= 0.6 is 0 Å². The number of anilines is 2. The van der Waals surface area contributed by atoms with Gasteiger partial charge in [-0.05, 0) is 50.5 Å². The zero-order valence-electron chi connectivity index (χ0n) is 19.8. The fraction of sp³-hybridized carbons (Fsp3) is 0.423. The van der Waals surface area contributed by atoms with Gasteiger partial charge in [0.05, 0.1) is 30.1 Å². The lowest BCUT2D eigenvalue weighted by atomic mass is 9.92. The molecule has 3 aromatic rings. The van der Waals surface area contributed by atoms with E-state index in [0.29, 0.717) is 30.6 Å². The van der Waals surface area contributed by atoms with Crippen molar-refractivity contribution in [1.82, 2.24) is 4.57 Å². The van der Waals surface area contributed by atoms with E-state index < -0.39 is 18.4 Å². The largest absolute Gasteiger partial charge is 0.488 e. The molecule has 1 saturated heterocycles. The van der Waals surface area contributed by atoms with Crippen LogP contribution in [-0.4, -0.2) is 42.3 Å². The highest BCUT2D eigenvalue weighted by atomic mass is 19.4. The Kier molecular flexibility index (Phi) is 6.46. The van der Waals surface area contributed by atoms with Gasteiger partial charge in [0.15, 0.2) is 6.10 Å². The van der Waals surface area contributed by atoms with E-state index in [2.05, 4.69) is 14.6 Å². The van der Waals surface area contributed by atoms with Gasteiger partial charge in [-0.15, -0.1) is 0 Å². The molecule has 2 aliphatic rings. The van der Waals surface area contributed by atoms with E-state index in [0.717, 1.165) is 60.5 Å². The van der Waals surface area contributed by atoms with Gasteiger partial charge in [-0.1, -0.05) is 12.1 Å². The minimum Gasteiger partial charge on any atom is -0.488 e. The topological polar surface area (TPSA) is 87.7 Å². The Balaban J connectivity index is 1.42. The number of nitrogens with one attached hydrogen (secondary N) is 1. The van der Waals surface area contributed by atoms with E-state index in [9.17, 15) is 18.0 Å². The molecule has 1 aromatic heterocycles. The molecule has 7 nitrogen and oxygen atoms in total. The smallest absolute Gasteiger partial charge is 0.425 e. The number of alkyl halides is 3. The Hall–Kier alpha value is -3.40. The molecule has 1 aliphatic carbocycles. The highest BCUT2D eigenvalue weighted by molar-refractivity contribution is 6.01. The number of benzene rings is 2. The van der Waals surface area contributed by atoms with E-state index >= 15 is 0 Å². The van der Waals surface area contributed by atoms with Crippen LogP contribution in [0.15, 0.2) is 42.5 Å². The SMILES string of the molecule is C[C@@H](OC(=O)Nc1ccc(-c2c(N)c3ccc(O[C@@H]4CCOC4)cc3n2C2CCC2)cc1)C(F)(F)F. The second-order valence-corrected chi connectivity index (χ2v) is 9.29. The number of carbonyl (C=O) groups excluding carboxylic acids is 1. The summed E-state index contributed by atoms with van der Waals surface area (Å²) >= 11 is 0. The normalized spacial score (nSPS) is 19.2. The molecule has 192 valence electrons. The lowest BCUT2D eigenvalue weighted by Crippen LogP contribution is -2.32. The number of rotatable bonds is 6. The van der Waals surface area contributed by atoms with Crippen LogP contribution in [0.25, 0.3) is 22.2 Å². The first-order valence-corrected chi connectivity index (χ1v) is 12.0. The first kappa shape index (κ1) is 24.3. The number of nitrogen functional groups attached to an aromatic ring is 1. The molecule has 1 aliphatic heterocycles. The lowest BCUT2D eigenvalue weighted by molar-refractivity contribution is -0.196. The van der Waals surface area contributed by atoms with Crippen LogP contribution in [0.2, 0.25) is 0 Å². The number of fused-ring (bicyclic) bond motifs is 1. The molecule has 36 heavy (non-hydrogen) atoms. The van der Waals surface area contributed by atoms with Crippen LogP contribution in [0.5, 0.6) is 5.75 Å².